The quantitative estimate of drug-likeness (QED) is 0.592. The van der Waals surface area contributed by atoms with Gasteiger partial charge in [0.15, 0.2) is 0 Å². The minimum atomic E-state index is -0.246. The molecule has 0 fully saturated rings. The van der Waals surface area contributed by atoms with Crippen LogP contribution < -0.4 is 0 Å². The molecule has 0 saturated carbocycles. The van der Waals surface area contributed by atoms with E-state index in [4.69, 9.17) is 4.74 Å². The second-order valence-corrected chi connectivity index (χ2v) is 3.94. The first kappa shape index (κ1) is 14.9. The van der Waals surface area contributed by atoms with Crippen LogP contribution in [0.25, 0.3) is 0 Å². The van der Waals surface area contributed by atoms with Gasteiger partial charge in [0.25, 0.3) is 0 Å². The maximum atomic E-state index is 10.9. The Morgan fingerprint density at radius 1 is 1.06 bits per heavy atom. The van der Waals surface area contributed by atoms with Crippen LogP contribution in [0.2, 0.25) is 0 Å². The summed E-state index contributed by atoms with van der Waals surface area (Å²) < 4.78 is 4.83. The molecule has 0 aliphatic heterocycles. The van der Waals surface area contributed by atoms with E-state index in [1.165, 1.54) is 6.92 Å². The number of carbonyl (C=O) groups is 2. The maximum absolute atomic E-state index is 10.9. The monoisotopic (exact) mass is 230 g/mol. The fourth-order valence-corrected chi connectivity index (χ4v) is 1.19. The second kappa shape index (κ2) is 8.10. The molecule has 0 radical (unpaired) electrons. The SMILES string of the molecule is CC(=O)OCCN(C)CCCN(C)C(C)=O. The van der Waals surface area contributed by atoms with Gasteiger partial charge in [-0.15, -0.1) is 0 Å². The van der Waals surface area contributed by atoms with Gasteiger partial charge in [-0.05, 0) is 20.0 Å². The molecule has 0 aliphatic rings. The van der Waals surface area contributed by atoms with Crippen molar-refractivity contribution in [1.82, 2.24) is 9.80 Å². The number of nitrogens with zero attached hydrogens (tertiary/aromatic N) is 2. The van der Waals surface area contributed by atoms with E-state index in [2.05, 4.69) is 4.90 Å². The number of ether oxygens (including phenoxy) is 1. The third-order valence-electron chi connectivity index (χ3n) is 2.35. The van der Waals surface area contributed by atoms with E-state index in [0.29, 0.717) is 6.61 Å². The van der Waals surface area contributed by atoms with Crippen molar-refractivity contribution in [3.8, 4) is 0 Å². The van der Waals surface area contributed by atoms with Crippen LogP contribution in [0.4, 0.5) is 0 Å². The normalized spacial score (nSPS) is 10.3. The molecule has 1 amide bonds. The van der Waals surface area contributed by atoms with Gasteiger partial charge in [0.05, 0.1) is 0 Å². The predicted molar refractivity (Wildman–Crippen MR) is 62.1 cm³/mol. The number of likely N-dealkylation sites (N-methyl/N-ethyl adjacent to an activating group) is 1. The molecule has 0 aliphatic carbocycles. The molecule has 0 aromatic heterocycles. The lowest BCUT2D eigenvalue weighted by Gasteiger charge is -2.19. The predicted octanol–water partition coefficient (Wildman–Crippen LogP) is 0.350. The second-order valence-electron chi connectivity index (χ2n) is 3.94. The number of esters is 1. The summed E-state index contributed by atoms with van der Waals surface area (Å²) in [6.45, 7) is 5.76. The first-order valence-electron chi connectivity index (χ1n) is 5.47. The molecule has 0 aromatic carbocycles. The van der Waals surface area contributed by atoms with Crippen molar-refractivity contribution in [1.29, 1.82) is 0 Å². The van der Waals surface area contributed by atoms with Crippen molar-refractivity contribution in [3.05, 3.63) is 0 Å². The Kier molecular flexibility index (Phi) is 7.54. The van der Waals surface area contributed by atoms with Crippen molar-refractivity contribution in [2.45, 2.75) is 20.3 Å². The van der Waals surface area contributed by atoms with Crippen molar-refractivity contribution in [2.24, 2.45) is 0 Å². The Hall–Kier alpha value is -1.10. The van der Waals surface area contributed by atoms with Crippen LogP contribution in [0.15, 0.2) is 0 Å². The Labute approximate surface area is 97.3 Å². The van der Waals surface area contributed by atoms with E-state index in [1.807, 2.05) is 7.05 Å². The summed E-state index contributed by atoms with van der Waals surface area (Å²) in [7, 11) is 3.76. The third kappa shape index (κ3) is 8.23. The van der Waals surface area contributed by atoms with Crippen LogP contribution in [0, 0.1) is 0 Å². The fourth-order valence-electron chi connectivity index (χ4n) is 1.19. The third-order valence-corrected chi connectivity index (χ3v) is 2.35. The van der Waals surface area contributed by atoms with Crippen LogP contribution in [0.1, 0.15) is 20.3 Å². The molecule has 5 nitrogen and oxygen atoms in total. The fraction of sp³-hybridized carbons (Fsp3) is 0.818. The lowest BCUT2D eigenvalue weighted by Crippen LogP contribution is -2.30. The summed E-state index contributed by atoms with van der Waals surface area (Å²) in [4.78, 5) is 25.2. The molecule has 94 valence electrons. The van der Waals surface area contributed by atoms with Crippen molar-refractivity contribution in [3.63, 3.8) is 0 Å². The summed E-state index contributed by atoms with van der Waals surface area (Å²) in [5, 5.41) is 0. The van der Waals surface area contributed by atoms with Gasteiger partial charge in [-0.2, -0.15) is 0 Å². The zero-order valence-corrected chi connectivity index (χ0v) is 10.7. The lowest BCUT2D eigenvalue weighted by molar-refractivity contribution is -0.141. The molecule has 5 heteroatoms. The first-order chi connectivity index (χ1) is 7.43. The standard InChI is InChI=1S/C11H22N2O3/c1-10(14)13(4)7-5-6-12(3)8-9-16-11(2)15/h5-9H2,1-4H3. The van der Waals surface area contributed by atoms with E-state index in [1.54, 1.807) is 18.9 Å². The molecule has 0 spiro atoms. The first-order valence-corrected chi connectivity index (χ1v) is 5.47. The van der Waals surface area contributed by atoms with Crippen LogP contribution >= 0.6 is 0 Å². The van der Waals surface area contributed by atoms with Gasteiger partial charge in [-0.3, -0.25) is 9.59 Å². The van der Waals surface area contributed by atoms with Crippen molar-refractivity contribution >= 4 is 11.9 Å². The number of hydrogen-bond acceptors (Lipinski definition) is 4. The van der Waals surface area contributed by atoms with Crippen LogP contribution in [-0.4, -0.2) is 62.0 Å². The van der Waals surface area contributed by atoms with E-state index in [0.717, 1.165) is 26.1 Å². The van der Waals surface area contributed by atoms with E-state index in [9.17, 15) is 9.59 Å². The molecule has 0 saturated heterocycles. The summed E-state index contributed by atoms with van der Waals surface area (Å²) in [5.41, 5.74) is 0. The highest BCUT2D eigenvalue weighted by molar-refractivity contribution is 5.72. The van der Waals surface area contributed by atoms with Gasteiger partial charge in [0, 0.05) is 34.0 Å². The molecular formula is C11H22N2O3. The van der Waals surface area contributed by atoms with Gasteiger partial charge in [-0.1, -0.05) is 0 Å². The molecule has 0 aromatic rings. The van der Waals surface area contributed by atoms with Gasteiger partial charge in [0.1, 0.15) is 6.61 Å². The van der Waals surface area contributed by atoms with E-state index >= 15 is 0 Å². The average molecular weight is 230 g/mol. The molecule has 0 N–H and O–H groups in total. The molecule has 0 atom stereocenters. The summed E-state index contributed by atoms with van der Waals surface area (Å²) in [6, 6.07) is 0. The Balaban J connectivity index is 3.47. The Bertz CT molecular complexity index is 231. The molecule has 0 heterocycles. The smallest absolute Gasteiger partial charge is 0.302 e. The summed E-state index contributed by atoms with van der Waals surface area (Å²) in [6.07, 6.45) is 0.923. The topological polar surface area (TPSA) is 49.9 Å². The Morgan fingerprint density at radius 3 is 2.19 bits per heavy atom. The van der Waals surface area contributed by atoms with Gasteiger partial charge in [0.2, 0.25) is 5.91 Å². The van der Waals surface area contributed by atoms with Crippen molar-refractivity contribution in [2.75, 3.05) is 40.3 Å². The van der Waals surface area contributed by atoms with Gasteiger partial charge in [-0.25, -0.2) is 0 Å². The van der Waals surface area contributed by atoms with Gasteiger partial charge < -0.3 is 14.5 Å². The number of rotatable bonds is 7. The molecule has 16 heavy (non-hydrogen) atoms. The molecule has 0 bridgehead atoms. The van der Waals surface area contributed by atoms with Crippen LogP contribution in [0.3, 0.4) is 0 Å². The maximum Gasteiger partial charge on any atom is 0.302 e. The molecular weight excluding hydrogens is 208 g/mol. The summed E-state index contributed by atoms with van der Waals surface area (Å²) >= 11 is 0. The zero-order valence-electron chi connectivity index (χ0n) is 10.7. The van der Waals surface area contributed by atoms with Crippen molar-refractivity contribution < 1.29 is 14.3 Å². The highest BCUT2D eigenvalue weighted by Crippen LogP contribution is 1.92. The summed E-state index contributed by atoms with van der Waals surface area (Å²) in [5.74, 6) is -0.160. The van der Waals surface area contributed by atoms with Crippen LogP contribution in [0.5, 0.6) is 0 Å². The minimum Gasteiger partial charge on any atom is -0.465 e. The number of hydrogen-bond donors (Lipinski definition) is 0. The minimum absolute atomic E-state index is 0.0857. The number of carbonyl (C=O) groups excluding carboxylic acids is 2. The average Bonchev–Trinajstić information content (AvgIpc) is 2.16. The molecule has 0 unspecified atom stereocenters. The number of amides is 1. The largest absolute Gasteiger partial charge is 0.465 e. The lowest BCUT2D eigenvalue weighted by atomic mass is 10.3. The van der Waals surface area contributed by atoms with Gasteiger partial charge >= 0.3 is 5.97 Å². The van der Waals surface area contributed by atoms with Crippen LogP contribution in [-0.2, 0) is 14.3 Å². The zero-order chi connectivity index (χ0) is 12.6. The highest BCUT2D eigenvalue weighted by Gasteiger charge is 2.03. The van der Waals surface area contributed by atoms with E-state index in [-0.39, 0.29) is 11.9 Å². The Morgan fingerprint density at radius 2 is 1.69 bits per heavy atom. The molecule has 0 rings (SSSR count). The van der Waals surface area contributed by atoms with E-state index < -0.39 is 0 Å². The highest BCUT2D eigenvalue weighted by atomic mass is 16.5.